The minimum absolute atomic E-state index is 0.184. The van der Waals surface area contributed by atoms with Crippen molar-refractivity contribution >= 4 is 22.7 Å². The van der Waals surface area contributed by atoms with Crippen molar-refractivity contribution in [2.45, 2.75) is 33.4 Å². The van der Waals surface area contributed by atoms with E-state index in [2.05, 4.69) is 20.4 Å². The Morgan fingerprint density at radius 2 is 2.15 bits per heavy atom. The molecule has 3 aromatic rings. The summed E-state index contributed by atoms with van der Waals surface area (Å²) >= 11 is 0. The molecule has 136 valence electrons. The molecule has 26 heavy (non-hydrogen) atoms. The van der Waals surface area contributed by atoms with Crippen LogP contribution in [0.4, 0.5) is 5.88 Å². The van der Waals surface area contributed by atoms with Gasteiger partial charge in [-0.3, -0.25) is 19.8 Å². The van der Waals surface area contributed by atoms with Crippen molar-refractivity contribution < 1.29 is 9.32 Å². The van der Waals surface area contributed by atoms with Gasteiger partial charge in [-0.25, -0.2) is 4.98 Å². The molecule has 8 nitrogen and oxygen atoms in total. The number of benzene rings is 1. The van der Waals surface area contributed by atoms with Crippen LogP contribution in [0.2, 0.25) is 0 Å². The number of carbonyl (C=O) groups excluding carboxylic acids is 1. The van der Waals surface area contributed by atoms with Crippen LogP contribution in [0.15, 0.2) is 39.6 Å². The zero-order valence-corrected chi connectivity index (χ0v) is 14.9. The van der Waals surface area contributed by atoms with Crippen LogP contribution in [0.3, 0.4) is 0 Å². The van der Waals surface area contributed by atoms with Gasteiger partial charge in [0, 0.05) is 6.07 Å². The zero-order chi connectivity index (χ0) is 18.7. The quantitative estimate of drug-likeness (QED) is 0.701. The third kappa shape index (κ3) is 3.80. The lowest BCUT2D eigenvalue weighted by molar-refractivity contribution is -0.121. The summed E-state index contributed by atoms with van der Waals surface area (Å²) in [4.78, 5) is 33.9. The summed E-state index contributed by atoms with van der Waals surface area (Å²) in [7, 11) is 0. The van der Waals surface area contributed by atoms with Crippen molar-refractivity contribution in [1.82, 2.24) is 20.0 Å². The van der Waals surface area contributed by atoms with Crippen molar-refractivity contribution in [3.05, 3.63) is 52.2 Å². The fourth-order valence-corrected chi connectivity index (χ4v) is 2.74. The second kappa shape index (κ2) is 7.49. The highest BCUT2D eigenvalue weighted by molar-refractivity contribution is 5.93. The number of hydrogen-bond donors (Lipinski definition) is 2. The molecule has 1 atom stereocenters. The molecule has 0 saturated heterocycles. The Hall–Kier alpha value is -3.00. The van der Waals surface area contributed by atoms with Gasteiger partial charge in [0.05, 0.1) is 29.2 Å². The molecule has 0 saturated carbocycles. The first-order chi connectivity index (χ1) is 12.5. The molecule has 0 aliphatic carbocycles. The van der Waals surface area contributed by atoms with Crippen molar-refractivity contribution in [1.29, 1.82) is 0 Å². The molecule has 0 aliphatic heterocycles. The Morgan fingerprint density at radius 1 is 1.38 bits per heavy atom. The van der Waals surface area contributed by atoms with Crippen molar-refractivity contribution in [2.75, 3.05) is 11.9 Å². The van der Waals surface area contributed by atoms with Crippen LogP contribution in [0.25, 0.3) is 10.9 Å². The molecule has 2 N–H and O–H groups in total. The number of amides is 1. The van der Waals surface area contributed by atoms with E-state index in [0.29, 0.717) is 41.4 Å². The fraction of sp³-hybridized carbons (Fsp3) is 0.333. The molecule has 2 aromatic heterocycles. The molecule has 8 heteroatoms. The zero-order valence-electron chi connectivity index (χ0n) is 14.9. The monoisotopic (exact) mass is 355 g/mol. The van der Waals surface area contributed by atoms with Crippen LogP contribution in [-0.4, -0.2) is 38.5 Å². The van der Waals surface area contributed by atoms with E-state index in [4.69, 9.17) is 4.52 Å². The summed E-state index contributed by atoms with van der Waals surface area (Å²) < 4.78 is 5.02. The van der Waals surface area contributed by atoms with E-state index in [-0.39, 0.29) is 11.5 Å². The molecule has 2 heterocycles. The van der Waals surface area contributed by atoms with Crippen LogP contribution < -0.4 is 10.9 Å². The number of para-hydroxylation sites is 1. The first-order valence-electron chi connectivity index (χ1n) is 8.44. The van der Waals surface area contributed by atoms with Crippen molar-refractivity contribution in [3.63, 3.8) is 0 Å². The normalized spacial score (nSPS) is 12.5. The molecule has 0 bridgehead atoms. The largest absolute Gasteiger partial charge is 0.338 e. The van der Waals surface area contributed by atoms with Gasteiger partial charge < -0.3 is 9.51 Å². The Balaban J connectivity index is 1.76. The van der Waals surface area contributed by atoms with E-state index >= 15 is 0 Å². The number of anilines is 1. The highest BCUT2D eigenvalue weighted by atomic mass is 16.5. The van der Waals surface area contributed by atoms with Gasteiger partial charge in [0.25, 0.3) is 5.56 Å². The third-order valence-corrected chi connectivity index (χ3v) is 4.22. The molecular formula is C18H21N5O3. The first-order valence-corrected chi connectivity index (χ1v) is 8.44. The Labute approximate surface area is 150 Å². The van der Waals surface area contributed by atoms with E-state index in [1.165, 1.54) is 0 Å². The Morgan fingerprint density at radius 3 is 2.85 bits per heavy atom. The van der Waals surface area contributed by atoms with Gasteiger partial charge in [-0.1, -0.05) is 24.2 Å². The van der Waals surface area contributed by atoms with Gasteiger partial charge >= 0.3 is 0 Å². The molecule has 0 spiro atoms. The minimum atomic E-state index is -0.442. The molecule has 3 rings (SSSR count). The van der Waals surface area contributed by atoms with E-state index < -0.39 is 6.04 Å². The summed E-state index contributed by atoms with van der Waals surface area (Å²) in [6.07, 6.45) is 0. The third-order valence-electron chi connectivity index (χ3n) is 4.22. The van der Waals surface area contributed by atoms with Crippen LogP contribution >= 0.6 is 0 Å². The van der Waals surface area contributed by atoms with Gasteiger partial charge in [-0.05, 0) is 32.5 Å². The summed E-state index contributed by atoms with van der Waals surface area (Å²) in [6.45, 7) is 6.48. The molecular weight excluding hydrogens is 334 g/mol. The number of nitrogens with zero attached hydrogens (tertiary/aromatic N) is 3. The summed E-state index contributed by atoms with van der Waals surface area (Å²) in [5.74, 6) is 0.615. The number of aromatic amines is 1. The van der Waals surface area contributed by atoms with Crippen LogP contribution in [0.5, 0.6) is 0 Å². The fourth-order valence-electron chi connectivity index (χ4n) is 2.74. The molecule has 0 radical (unpaired) electrons. The van der Waals surface area contributed by atoms with E-state index in [9.17, 15) is 9.59 Å². The molecule has 0 aliphatic rings. The van der Waals surface area contributed by atoms with Crippen LogP contribution in [0, 0.1) is 6.92 Å². The highest BCUT2D eigenvalue weighted by Crippen LogP contribution is 2.12. The number of carbonyl (C=O) groups is 1. The van der Waals surface area contributed by atoms with Crippen molar-refractivity contribution in [3.8, 4) is 0 Å². The summed E-state index contributed by atoms with van der Waals surface area (Å²) in [5.41, 5.74) is 1.14. The van der Waals surface area contributed by atoms with Gasteiger partial charge in [0.15, 0.2) is 0 Å². The average molecular weight is 355 g/mol. The summed E-state index contributed by atoms with van der Waals surface area (Å²) in [6, 6.07) is 8.39. The van der Waals surface area contributed by atoms with Gasteiger partial charge in [-0.2, -0.15) is 0 Å². The maximum Gasteiger partial charge on any atom is 0.258 e. The maximum absolute atomic E-state index is 12.5. The highest BCUT2D eigenvalue weighted by Gasteiger charge is 2.22. The lowest BCUT2D eigenvalue weighted by atomic mass is 10.2. The smallest absolute Gasteiger partial charge is 0.258 e. The lowest BCUT2D eigenvalue weighted by Crippen LogP contribution is -2.42. The van der Waals surface area contributed by atoms with Gasteiger partial charge in [0.2, 0.25) is 11.8 Å². The first kappa shape index (κ1) is 17.8. The SMILES string of the molecule is CCN(Cc1nc2ccccc2c(=O)[nH]1)C(C)C(=O)Nc1cc(C)no1. The summed E-state index contributed by atoms with van der Waals surface area (Å²) in [5, 5.41) is 7.00. The van der Waals surface area contributed by atoms with E-state index in [1.807, 2.05) is 17.9 Å². The Bertz CT molecular complexity index is 978. The number of rotatable bonds is 6. The number of hydrogen-bond acceptors (Lipinski definition) is 6. The number of fused-ring (bicyclic) bond motifs is 1. The average Bonchev–Trinajstić information content (AvgIpc) is 3.04. The number of aryl methyl sites for hydroxylation is 1. The van der Waals surface area contributed by atoms with E-state index in [1.54, 1.807) is 38.1 Å². The minimum Gasteiger partial charge on any atom is -0.338 e. The predicted molar refractivity (Wildman–Crippen MR) is 97.8 cm³/mol. The lowest BCUT2D eigenvalue weighted by Gasteiger charge is -2.25. The number of aromatic nitrogens is 3. The van der Waals surface area contributed by atoms with Crippen molar-refractivity contribution in [2.24, 2.45) is 0 Å². The molecule has 1 amide bonds. The number of nitrogens with one attached hydrogen (secondary N) is 2. The van der Waals surface area contributed by atoms with E-state index in [0.717, 1.165) is 0 Å². The standard InChI is InChI=1S/C18H21N5O3/c1-4-23(12(3)17(24)21-16-9-11(2)22-26-16)10-15-19-14-8-6-5-7-13(14)18(25)20-15/h5-9,12H,4,10H2,1-3H3,(H,21,24)(H,19,20,25). The van der Waals surface area contributed by atoms with Gasteiger partial charge in [-0.15, -0.1) is 0 Å². The predicted octanol–water partition coefficient (Wildman–Crippen LogP) is 2.07. The molecule has 1 unspecified atom stereocenters. The maximum atomic E-state index is 12.5. The second-order valence-corrected chi connectivity index (χ2v) is 6.09. The topological polar surface area (TPSA) is 104 Å². The van der Waals surface area contributed by atoms with Crippen LogP contribution in [0.1, 0.15) is 25.4 Å². The number of likely N-dealkylation sites (N-methyl/N-ethyl adjacent to an activating group) is 1. The van der Waals surface area contributed by atoms with Gasteiger partial charge in [0.1, 0.15) is 5.82 Å². The Kier molecular flexibility index (Phi) is 5.13. The molecule has 0 fully saturated rings. The molecule has 1 aromatic carbocycles. The second-order valence-electron chi connectivity index (χ2n) is 6.09. The van der Waals surface area contributed by atoms with Crippen LogP contribution in [-0.2, 0) is 11.3 Å². The number of H-pyrrole nitrogens is 1.